The number of aromatic nitrogens is 1. The molecule has 38 heavy (non-hydrogen) atoms. The van der Waals surface area contributed by atoms with Crippen LogP contribution in [-0.2, 0) is 16.6 Å². The highest BCUT2D eigenvalue weighted by Gasteiger charge is 2.25. The molecule has 0 saturated heterocycles. The number of amides is 1. The van der Waals surface area contributed by atoms with Crippen molar-refractivity contribution in [2.45, 2.75) is 25.3 Å². The van der Waals surface area contributed by atoms with Gasteiger partial charge in [-0.2, -0.15) is 4.31 Å². The molecule has 7 nitrogen and oxygen atoms in total. The van der Waals surface area contributed by atoms with Gasteiger partial charge in [-0.15, -0.1) is 12.4 Å². The van der Waals surface area contributed by atoms with Crippen molar-refractivity contribution in [2.75, 3.05) is 38.6 Å². The highest BCUT2D eigenvalue weighted by Crippen LogP contribution is 2.31. The smallest absolute Gasteiger partial charge is 0.260 e. The summed E-state index contributed by atoms with van der Waals surface area (Å²) in [4.78, 5) is 22.3. The molecular weight excluding hydrogens is 540 g/mol. The van der Waals surface area contributed by atoms with E-state index in [0.29, 0.717) is 30.3 Å². The Labute approximate surface area is 235 Å². The van der Waals surface area contributed by atoms with Crippen molar-refractivity contribution in [3.8, 4) is 0 Å². The average Bonchev–Trinajstić information content (AvgIpc) is 3.33. The van der Waals surface area contributed by atoms with Gasteiger partial charge in [-0.25, -0.2) is 13.4 Å². The zero-order valence-corrected chi connectivity index (χ0v) is 24.4. The van der Waals surface area contributed by atoms with Crippen LogP contribution in [0.1, 0.15) is 28.4 Å². The van der Waals surface area contributed by atoms with Gasteiger partial charge < -0.3 is 4.90 Å². The molecule has 4 aromatic rings. The highest BCUT2D eigenvalue weighted by atomic mass is 35.5. The van der Waals surface area contributed by atoms with Crippen molar-refractivity contribution in [1.29, 1.82) is 0 Å². The number of hydrogen-bond donors (Lipinski definition) is 0. The first kappa shape index (κ1) is 29.7. The number of para-hydroxylation sites is 1. The van der Waals surface area contributed by atoms with Crippen LogP contribution in [0.4, 0.5) is 5.13 Å². The molecule has 0 spiro atoms. The van der Waals surface area contributed by atoms with Gasteiger partial charge in [0.25, 0.3) is 5.91 Å². The third-order valence-electron chi connectivity index (χ3n) is 6.15. The largest absolute Gasteiger partial charge is 0.308 e. The normalized spacial score (nSPS) is 11.6. The molecule has 202 valence electrons. The molecule has 0 unspecified atom stereocenters. The van der Waals surface area contributed by atoms with Crippen LogP contribution in [0.3, 0.4) is 0 Å². The van der Waals surface area contributed by atoms with E-state index in [9.17, 15) is 13.2 Å². The number of thiazole rings is 1. The third-order valence-corrected chi connectivity index (χ3v) is 9.13. The Morgan fingerprint density at radius 1 is 0.921 bits per heavy atom. The average molecular weight is 573 g/mol. The van der Waals surface area contributed by atoms with Gasteiger partial charge >= 0.3 is 0 Å². The van der Waals surface area contributed by atoms with E-state index >= 15 is 0 Å². The predicted molar refractivity (Wildman–Crippen MR) is 158 cm³/mol. The molecule has 0 atom stereocenters. The summed E-state index contributed by atoms with van der Waals surface area (Å²) in [5, 5.41) is 0.632. The SMILES string of the molecule is CCN(Cc1ccccc1)S(=O)(=O)c1ccc(C(=O)N(CCN(C)C)c2nc3c(C)cccc3s2)cc1.Cl. The van der Waals surface area contributed by atoms with Crippen LogP contribution in [0, 0.1) is 6.92 Å². The number of rotatable bonds is 10. The third kappa shape index (κ3) is 6.59. The maximum absolute atomic E-state index is 13.6. The minimum Gasteiger partial charge on any atom is -0.308 e. The lowest BCUT2D eigenvalue weighted by atomic mass is 10.2. The number of anilines is 1. The van der Waals surface area contributed by atoms with E-state index in [-0.39, 0.29) is 29.8 Å². The number of fused-ring (bicyclic) bond motifs is 1. The molecule has 0 aliphatic heterocycles. The topological polar surface area (TPSA) is 73.8 Å². The Morgan fingerprint density at radius 3 is 2.21 bits per heavy atom. The van der Waals surface area contributed by atoms with Crippen LogP contribution < -0.4 is 4.90 Å². The van der Waals surface area contributed by atoms with Crippen LogP contribution in [0.2, 0.25) is 0 Å². The number of nitrogens with zero attached hydrogens (tertiary/aromatic N) is 4. The molecule has 0 N–H and O–H groups in total. The summed E-state index contributed by atoms with van der Waals surface area (Å²) in [7, 11) is 0.200. The predicted octanol–water partition coefficient (Wildman–Crippen LogP) is 5.45. The summed E-state index contributed by atoms with van der Waals surface area (Å²) in [6.07, 6.45) is 0. The lowest BCUT2D eigenvalue weighted by Gasteiger charge is -2.23. The van der Waals surface area contributed by atoms with E-state index in [2.05, 4.69) is 0 Å². The van der Waals surface area contributed by atoms with Gasteiger partial charge in [0, 0.05) is 31.7 Å². The summed E-state index contributed by atoms with van der Waals surface area (Å²) >= 11 is 1.48. The van der Waals surface area contributed by atoms with Gasteiger partial charge in [-0.1, -0.05) is 60.7 Å². The number of hydrogen-bond acceptors (Lipinski definition) is 6. The summed E-state index contributed by atoms with van der Waals surface area (Å²) in [6.45, 7) is 5.58. The lowest BCUT2D eigenvalue weighted by molar-refractivity contribution is 0.0985. The number of halogens is 1. The Kier molecular flexibility index (Phi) is 10.0. The Morgan fingerprint density at radius 2 is 1.61 bits per heavy atom. The summed E-state index contributed by atoms with van der Waals surface area (Å²) in [6, 6.07) is 21.7. The second kappa shape index (κ2) is 12.8. The minimum atomic E-state index is -3.72. The first-order valence-electron chi connectivity index (χ1n) is 12.2. The molecule has 0 aliphatic rings. The fourth-order valence-corrected chi connectivity index (χ4v) is 6.51. The van der Waals surface area contributed by atoms with E-state index in [0.717, 1.165) is 21.3 Å². The van der Waals surface area contributed by atoms with Crippen LogP contribution in [-0.4, -0.2) is 62.2 Å². The highest BCUT2D eigenvalue weighted by molar-refractivity contribution is 7.89. The first-order valence-corrected chi connectivity index (χ1v) is 14.4. The molecule has 3 aromatic carbocycles. The number of carbonyl (C=O) groups is 1. The van der Waals surface area contributed by atoms with Crippen LogP contribution in [0.25, 0.3) is 10.2 Å². The molecule has 1 heterocycles. The van der Waals surface area contributed by atoms with Crippen molar-refractivity contribution in [2.24, 2.45) is 0 Å². The monoisotopic (exact) mass is 572 g/mol. The molecule has 1 aromatic heterocycles. The quantitative estimate of drug-likeness (QED) is 0.253. The van der Waals surface area contributed by atoms with Crippen LogP contribution >= 0.6 is 23.7 Å². The summed E-state index contributed by atoms with van der Waals surface area (Å²) < 4.78 is 29.1. The molecule has 0 aliphatic carbocycles. The van der Waals surface area contributed by atoms with Crippen LogP contribution in [0.5, 0.6) is 0 Å². The Balaban J connectivity index is 0.00000400. The number of aryl methyl sites for hydroxylation is 1. The summed E-state index contributed by atoms with van der Waals surface area (Å²) in [5.41, 5.74) is 3.29. The van der Waals surface area contributed by atoms with E-state index in [1.54, 1.807) is 17.0 Å². The van der Waals surface area contributed by atoms with Crippen molar-refractivity contribution in [1.82, 2.24) is 14.2 Å². The fourth-order valence-electron chi connectivity index (χ4n) is 4.00. The zero-order chi connectivity index (χ0) is 26.6. The number of sulfonamides is 1. The van der Waals surface area contributed by atoms with Gasteiger partial charge in [0.2, 0.25) is 10.0 Å². The van der Waals surface area contributed by atoms with Crippen molar-refractivity contribution in [3.63, 3.8) is 0 Å². The standard InChI is InChI=1S/C28H32N4O3S2.ClH/c1-5-31(20-22-11-7-6-8-12-22)37(34,35)24-16-14-23(15-17-24)27(33)32(19-18-30(3)4)28-29-26-21(2)10-9-13-25(26)36-28;/h6-17H,5,18-20H2,1-4H3;1H. The van der Waals surface area contributed by atoms with Crippen molar-refractivity contribution in [3.05, 3.63) is 89.5 Å². The van der Waals surface area contributed by atoms with E-state index < -0.39 is 10.0 Å². The molecule has 0 fully saturated rings. The first-order chi connectivity index (χ1) is 17.7. The summed E-state index contributed by atoms with van der Waals surface area (Å²) in [5.74, 6) is -0.209. The molecular formula is C28H33ClN4O3S2. The van der Waals surface area contributed by atoms with E-state index in [4.69, 9.17) is 4.98 Å². The molecule has 0 saturated carbocycles. The fraction of sp³-hybridized carbons (Fsp3) is 0.286. The number of benzene rings is 3. The second-order valence-corrected chi connectivity index (χ2v) is 12.1. The minimum absolute atomic E-state index is 0. The number of likely N-dealkylation sites (N-methyl/N-ethyl adjacent to an activating group) is 1. The van der Waals surface area contributed by atoms with Gasteiger partial charge in [-0.3, -0.25) is 9.69 Å². The number of carbonyl (C=O) groups excluding carboxylic acids is 1. The van der Waals surface area contributed by atoms with Gasteiger partial charge in [0.15, 0.2) is 5.13 Å². The molecule has 1 amide bonds. The maximum Gasteiger partial charge on any atom is 0.260 e. The molecule has 4 rings (SSSR count). The van der Waals surface area contributed by atoms with E-state index in [1.807, 2.05) is 81.4 Å². The Hall–Kier alpha value is -2.82. The molecule has 0 bridgehead atoms. The van der Waals surface area contributed by atoms with Crippen LogP contribution in [0.15, 0.2) is 77.7 Å². The van der Waals surface area contributed by atoms with Crippen molar-refractivity contribution < 1.29 is 13.2 Å². The lowest BCUT2D eigenvalue weighted by Crippen LogP contribution is -2.36. The van der Waals surface area contributed by atoms with Crippen molar-refractivity contribution >= 4 is 55.0 Å². The zero-order valence-electron chi connectivity index (χ0n) is 22.0. The Bertz CT molecular complexity index is 1470. The van der Waals surface area contributed by atoms with Gasteiger partial charge in [0.1, 0.15) is 0 Å². The van der Waals surface area contributed by atoms with Gasteiger partial charge in [-0.05, 0) is 62.5 Å². The molecule has 0 radical (unpaired) electrons. The maximum atomic E-state index is 13.6. The second-order valence-electron chi connectivity index (χ2n) is 9.12. The van der Waals surface area contributed by atoms with E-state index in [1.165, 1.54) is 27.8 Å². The van der Waals surface area contributed by atoms with Gasteiger partial charge in [0.05, 0.1) is 15.1 Å². The molecule has 10 heteroatoms.